The Morgan fingerprint density at radius 3 is 2.11 bits per heavy atom. The van der Waals surface area contributed by atoms with Gasteiger partial charge in [0.25, 0.3) is 5.78 Å². The maximum Gasteiger partial charge on any atom is 0.340 e. The highest BCUT2D eigenvalue weighted by Gasteiger charge is 2.47. The van der Waals surface area contributed by atoms with Gasteiger partial charge in [-0.1, -0.05) is 50.2 Å². The number of esters is 2. The van der Waals surface area contributed by atoms with Gasteiger partial charge in [0.2, 0.25) is 6.29 Å². The molecule has 3 unspecified atom stereocenters. The predicted molar refractivity (Wildman–Crippen MR) is 124 cm³/mol. The number of hydrogen-bond acceptors (Lipinski definition) is 8. The van der Waals surface area contributed by atoms with Crippen molar-refractivity contribution in [3.05, 3.63) is 96.1 Å². The Balaban J connectivity index is 1.45. The van der Waals surface area contributed by atoms with Crippen LogP contribution in [-0.2, 0) is 14.2 Å². The first-order valence-corrected chi connectivity index (χ1v) is 11.4. The van der Waals surface area contributed by atoms with Crippen molar-refractivity contribution < 1.29 is 23.8 Å². The molecule has 5 rings (SSSR count). The molecule has 0 saturated carbocycles. The molecule has 0 bridgehead atoms. The minimum Gasteiger partial charge on any atom is -0.452 e. The average Bonchev–Trinajstić information content (AvgIpc) is 3.33. The second kappa shape index (κ2) is 9.63. The first-order chi connectivity index (χ1) is 17.0. The molecule has 5 atom stereocenters. The first kappa shape index (κ1) is 22.7. The van der Waals surface area contributed by atoms with Crippen molar-refractivity contribution in [1.29, 1.82) is 0 Å². The van der Waals surface area contributed by atoms with Crippen LogP contribution in [0.15, 0.2) is 79.1 Å². The number of benzene rings is 2. The van der Waals surface area contributed by atoms with E-state index in [0.29, 0.717) is 22.7 Å². The number of carbonyl (C=O) groups is 2. The van der Waals surface area contributed by atoms with Crippen LogP contribution in [0.2, 0.25) is 0 Å². The standard InChI is InChI=1S/C26H24N4O5/c1-16-17(2)21(33-23(31)18-10-5-3-6-11-18)25(35-24(32)19-12-7-4-8-13-19)34-20(16)22-28-26-27-14-9-15-30(26)29-22/h3-17,20-21,25H,1-2H3/t16-,17+,20?,21?,25?/m1/s1. The number of hydrogen-bond donors (Lipinski definition) is 0. The zero-order valence-corrected chi connectivity index (χ0v) is 19.2. The van der Waals surface area contributed by atoms with Crippen molar-refractivity contribution in [2.75, 3.05) is 0 Å². The van der Waals surface area contributed by atoms with E-state index >= 15 is 0 Å². The first-order valence-electron chi connectivity index (χ1n) is 11.4. The topological polar surface area (TPSA) is 105 Å². The monoisotopic (exact) mass is 472 g/mol. The van der Waals surface area contributed by atoms with Crippen molar-refractivity contribution in [3.63, 3.8) is 0 Å². The maximum atomic E-state index is 12.9. The molecule has 3 heterocycles. The van der Waals surface area contributed by atoms with Crippen LogP contribution in [0.4, 0.5) is 0 Å². The van der Waals surface area contributed by atoms with Gasteiger partial charge in [-0.25, -0.2) is 19.1 Å². The van der Waals surface area contributed by atoms with E-state index in [0.717, 1.165) is 0 Å². The summed E-state index contributed by atoms with van der Waals surface area (Å²) in [7, 11) is 0. The Hall–Kier alpha value is -4.11. The Labute approximate surface area is 201 Å². The summed E-state index contributed by atoms with van der Waals surface area (Å²) < 4.78 is 19.4. The quantitative estimate of drug-likeness (QED) is 0.403. The number of rotatable bonds is 5. The van der Waals surface area contributed by atoms with Crippen LogP contribution in [0.5, 0.6) is 0 Å². The molecule has 0 aliphatic carbocycles. The van der Waals surface area contributed by atoms with E-state index in [4.69, 9.17) is 14.2 Å². The molecule has 1 saturated heterocycles. The number of fused-ring (bicyclic) bond motifs is 1. The van der Waals surface area contributed by atoms with E-state index in [1.807, 2.05) is 19.9 Å². The lowest BCUT2D eigenvalue weighted by Gasteiger charge is -2.42. The summed E-state index contributed by atoms with van der Waals surface area (Å²) in [4.78, 5) is 34.5. The molecule has 9 heteroatoms. The third-order valence-corrected chi connectivity index (χ3v) is 6.25. The van der Waals surface area contributed by atoms with Gasteiger partial charge in [0.15, 0.2) is 11.9 Å². The summed E-state index contributed by atoms with van der Waals surface area (Å²) in [6, 6.07) is 19.0. The molecule has 0 amide bonds. The molecule has 1 aliphatic rings. The third-order valence-electron chi connectivity index (χ3n) is 6.25. The molecule has 1 fully saturated rings. The number of ether oxygens (including phenoxy) is 3. The van der Waals surface area contributed by atoms with Gasteiger partial charge >= 0.3 is 11.9 Å². The largest absolute Gasteiger partial charge is 0.452 e. The zero-order chi connectivity index (χ0) is 24.4. The lowest BCUT2D eigenvalue weighted by molar-refractivity contribution is -0.252. The summed E-state index contributed by atoms with van der Waals surface area (Å²) >= 11 is 0. The Kier molecular flexibility index (Phi) is 6.24. The predicted octanol–water partition coefficient (Wildman–Crippen LogP) is 3.88. The number of aromatic nitrogens is 4. The van der Waals surface area contributed by atoms with Gasteiger partial charge in [-0.05, 0) is 36.2 Å². The zero-order valence-electron chi connectivity index (χ0n) is 19.2. The third kappa shape index (κ3) is 4.63. The molecule has 35 heavy (non-hydrogen) atoms. The Morgan fingerprint density at radius 2 is 1.49 bits per heavy atom. The van der Waals surface area contributed by atoms with Crippen LogP contribution in [0.1, 0.15) is 46.5 Å². The normalized spacial score (nSPS) is 24.1. The van der Waals surface area contributed by atoms with E-state index in [2.05, 4.69) is 15.1 Å². The minimum atomic E-state index is -1.16. The van der Waals surface area contributed by atoms with Crippen molar-refractivity contribution in [3.8, 4) is 0 Å². The number of nitrogens with zero attached hydrogens (tertiary/aromatic N) is 4. The van der Waals surface area contributed by atoms with Crippen LogP contribution in [-0.4, -0.2) is 43.9 Å². The van der Waals surface area contributed by atoms with Gasteiger partial charge < -0.3 is 14.2 Å². The van der Waals surface area contributed by atoms with Gasteiger partial charge in [0.1, 0.15) is 6.10 Å². The van der Waals surface area contributed by atoms with Crippen LogP contribution in [0, 0.1) is 11.8 Å². The van der Waals surface area contributed by atoms with Crippen molar-refractivity contribution in [1.82, 2.24) is 19.6 Å². The van der Waals surface area contributed by atoms with E-state index < -0.39 is 30.4 Å². The lowest BCUT2D eigenvalue weighted by Crippen LogP contribution is -2.50. The van der Waals surface area contributed by atoms with Crippen LogP contribution >= 0.6 is 0 Å². The summed E-state index contributed by atoms with van der Waals surface area (Å²) in [5.74, 6) is -0.658. The van der Waals surface area contributed by atoms with E-state index in [9.17, 15) is 9.59 Å². The molecule has 1 aliphatic heterocycles. The van der Waals surface area contributed by atoms with E-state index in [1.165, 1.54) is 0 Å². The molecule has 2 aromatic heterocycles. The minimum absolute atomic E-state index is 0.160. The summed E-state index contributed by atoms with van der Waals surface area (Å²) in [6.45, 7) is 3.90. The fourth-order valence-corrected chi connectivity index (χ4v) is 4.11. The van der Waals surface area contributed by atoms with Gasteiger partial charge in [-0.15, -0.1) is 5.10 Å². The van der Waals surface area contributed by atoms with Gasteiger partial charge in [0, 0.05) is 18.3 Å². The summed E-state index contributed by atoms with van der Waals surface area (Å²) in [5.41, 5.74) is 0.762. The molecule has 0 spiro atoms. The molecule has 178 valence electrons. The second-order valence-electron chi connectivity index (χ2n) is 8.48. The molecule has 4 aromatic rings. The number of carbonyl (C=O) groups excluding carboxylic acids is 2. The lowest BCUT2D eigenvalue weighted by atomic mass is 9.83. The van der Waals surface area contributed by atoms with E-state index in [-0.39, 0.29) is 11.8 Å². The SMILES string of the molecule is C[C@@H]1C(OC(=O)c2ccccc2)C(OC(=O)c2ccccc2)OC(c2nc3ncccn3n2)[C@@H]1C. The maximum absolute atomic E-state index is 12.9. The molecule has 0 N–H and O–H groups in total. The van der Waals surface area contributed by atoms with Gasteiger partial charge in [0.05, 0.1) is 11.1 Å². The van der Waals surface area contributed by atoms with E-state index in [1.54, 1.807) is 77.6 Å². The highest BCUT2D eigenvalue weighted by molar-refractivity contribution is 5.90. The highest BCUT2D eigenvalue weighted by Crippen LogP contribution is 2.41. The average molecular weight is 473 g/mol. The summed E-state index contributed by atoms with van der Waals surface area (Å²) in [5, 5.41) is 4.50. The molecular weight excluding hydrogens is 448 g/mol. The van der Waals surface area contributed by atoms with Crippen LogP contribution in [0.25, 0.3) is 5.78 Å². The Morgan fingerprint density at radius 1 is 0.857 bits per heavy atom. The molecule has 0 radical (unpaired) electrons. The second-order valence-corrected chi connectivity index (χ2v) is 8.48. The highest BCUT2D eigenvalue weighted by atomic mass is 16.7. The van der Waals surface area contributed by atoms with Crippen LogP contribution < -0.4 is 0 Å². The molecular formula is C26H24N4O5. The van der Waals surface area contributed by atoms with Crippen LogP contribution in [0.3, 0.4) is 0 Å². The molecule has 2 aromatic carbocycles. The molecule has 9 nitrogen and oxygen atoms in total. The smallest absolute Gasteiger partial charge is 0.340 e. The van der Waals surface area contributed by atoms with Crippen molar-refractivity contribution in [2.45, 2.75) is 32.3 Å². The van der Waals surface area contributed by atoms with Crippen molar-refractivity contribution >= 4 is 17.7 Å². The Bertz CT molecular complexity index is 1290. The fraction of sp³-hybridized carbons (Fsp3) is 0.269. The van der Waals surface area contributed by atoms with Gasteiger partial charge in [-0.3, -0.25) is 0 Å². The fourth-order valence-electron chi connectivity index (χ4n) is 4.11. The van der Waals surface area contributed by atoms with Crippen molar-refractivity contribution in [2.24, 2.45) is 11.8 Å². The summed E-state index contributed by atoms with van der Waals surface area (Å²) in [6.07, 6.45) is 0.771. The van der Waals surface area contributed by atoms with Gasteiger partial charge in [-0.2, -0.15) is 4.98 Å².